The Morgan fingerprint density at radius 2 is 2.03 bits per heavy atom. The maximum atomic E-state index is 12.0. The first-order valence-corrected chi connectivity index (χ1v) is 11.1. The molecule has 2 aromatic rings. The minimum atomic E-state index is -5.08. The van der Waals surface area contributed by atoms with Crippen LogP contribution >= 0.6 is 0 Å². The number of carboxylic acids is 1. The Bertz CT molecular complexity index is 1050. The summed E-state index contributed by atoms with van der Waals surface area (Å²) in [5.74, 6) is -3.18. The summed E-state index contributed by atoms with van der Waals surface area (Å²) in [4.78, 5) is 27.5. The number of ether oxygens (including phenoxy) is 3. The van der Waals surface area contributed by atoms with Crippen molar-refractivity contribution in [2.45, 2.75) is 31.2 Å². The number of nitrogens with one attached hydrogen (secondary N) is 1. The molecule has 2 saturated heterocycles. The van der Waals surface area contributed by atoms with Crippen molar-refractivity contribution in [1.82, 2.24) is 24.8 Å². The van der Waals surface area contributed by atoms with Crippen LogP contribution in [0.25, 0.3) is 5.65 Å². The van der Waals surface area contributed by atoms with Gasteiger partial charge >= 0.3 is 18.1 Å². The Morgan fingerprint density at radius 1 is 1.31 bits per heavy atom. The molecule has 4 heterocycles. The van der Waals surface area contributed by atoms with E-state index in [1.165, 1.54) is 6.20 Å². The van der Waals surface area contributed by atoms with Gasteiger partial charge in [0, 0.05) is 37.6 Å². The normalized spacial score (nSPS) is 22.4. The van der Waals surface area contributed by atoms with Crippen LogP contribution in [0, 0.1) is 0 Å². The largest absolute Gasteiger partial charge is 0.490 e. The van der Waals surface area contributed by atoms with Crippen LogP contribution in [0.15, 0.2) is 18.6 Å². The van der Waals surface area contributed by atoms with E-state index in [0.717, 1.165) is 12.1 Å². The molecule has 15 heteroatoms. The molecule has 2 aliphatic heterocycles. The van der Waals surface area contributed by atoms with Gasteiger partial charge in [0.2, 0.25) is 0 Å². The number of aliphatic hydroxyl groups excluding tert-OH is 1. The van der Waals surface area contributed by atoms with E-state index in [2.05, 4.69) is 20.3 Å². The molecular formula is C21H28F3N5O7. The number of carbonyl (C=O) groups is 2. The summed E-state index contributed by atoms with van der Waals surface area (Å²) in [6.45, 7) is 6.39. The van der Waals surface area contributed by atoms with E-state index in [1.807, 2.05) is 6.20 Å². The standard InChI is InChI=1S/C19H27N5O5.C2HF3O2/c1-2-29-18(26)16-7-22-24-8-14(6-21-17(16)24)5-20-11-19(12-25)13-28-10-15-9-27-4-3-23(15)19;3-2(4,5)1(6)7/h6-8,15,20,25H,2-5,9-13H2,1H3;(H,6,7). The van der Waals surface area contributed by atoms with Crippen molar-refractivity contribution in [3.63, 3.8) is 0 Å². The molecule has 0 radical (unpaired) electrons. The van der Waals surface area contributed by atoms with Gasteiger partial charge in [-0.2, -0.15) is 18.3 Å². The summed E-state index contributed by atoms with van der Waals surface area (Å²) in [6.07, 6.45) is -0.0674. The third-order valence-corrected chi connectivity index (χ3v) is 5.74. The average molecular weight is 519 g/mol. The first-order chi connectivity index (χ1) is 17.1. The molecular weight excluding hydrogens is 491 g/mol. The summed E-state index contributed by atoms with van der Waals surface area (Å²) in [7, 11) is 0. The van der Waals surface area contributed by atoms with Gasteiger partial charge in [-0.15, -0.1) is 0 Å². The third-order valence-electron chi connectivity index (χ3n) is 5.74. The smallest absolute Gasteiger partial charge is 0.475 e. The zero-order valence-corrected chi connectivity index (χ0v) is 19.5. The fraction of sp³-hybridized carbons (Fsp3) is 0.619. The molecule has 2 aliphatic rings. The number of rotatable bonds is 7. The molecule has 2 aromatic heterocycles. The molecule has 0 spiro atoms. The first kappa shape index (κ1) is 27.7. The van der Waals surface area contributed by atoms with Crippen molar-refractivity contribution in [3.05, 3.63) is 29.7 Å². The molecule has 0 bridgehead atoms. The maximum Gasteiger partial charge on any atom is 0.490 e. The quantitative estimate of drug-likeness (QED) is 0.428. The molecule has 4 rings (SSSR count). The number of hydrogen-bond donors (Lipinski definition) is 3. The minimum absolute atomic E-state index is 0.00976. The molecule has 0 saturated carbocycles. The highest BCUT2D eigenvalue weighted by Crippen LogP contribution is 2.26. The number of aliphatic carboxylic acids is 1. The maximum absolute atomic E-state index is 12.0. The van der Waals surface area contributed by atoms with E-state index in [0.29, 0.717) is 57.3 Å². The monoisotopic (exact) mass is 519 g/mol. The molecule has 2 fully saturated rings. The van der Waals surface area contributed by atoms with Gasteiger partial charge in [0.1, 0.15) is 5.56 Å². The zero-order valence-electron chi connectivity index (χ0n) is 19.5. The number of alkyl halides is 3. The number of fused-ring (bicyclic) bond motifs is 2. The lowest BCUT2D eigenvalue weighted by Gasteiger charge is -2.52. The number of aliphatic hydroxyl groups is 1. The predicted octanol–water partition coefficient (Wildman–Crippen LogP) is 0.0910. The second-order valence-corrected chi connectivity index (χ2v) is 8.24. The van der Waals surface area contributed by atoms with E-state index >= 15 is 0 Å². The predicted molar refractivity (Wildman–Crippen MR) is 116 cm³/mol. The van der Waals surface area contributed by atoms with E-state index < -0.39 is 23.7 Å². The summed E-state index contributed by atoms with van der Waals surface area (Å²) in [5.41, 5.74) is 1.27. The van der Waals surface area contributed by atoms with Crippen LogP contribution in [0.3, 0.4) is 0 Å². The van der Waals surface area contributed by atoms with Crippen LogP contribution in [0.2, 0.25) is 0 Å². The molecule has 0 amide bonds. The van der Waals surface area contributed by atoms with E-state index in [4.69, 9.17) is 24.1 Å². The second-order valence-electron chi connectivity index (χ2n) is 8.24. The van der Waals surface area contributed by atoms with Gasteiger partial charge in [0.05, 0.1) is 57.4 Å². The van der Waals surface area contributed by atoms with Gasteiger partial charge in [-0.25, -0.2) is 19.1 Å². The fourth-order valence-electron chi connectivity index (χ4n) is 4.03. The van der Waals surface area contributed by atoms with Crippen LogP contribution in [-0.4, -0.2) is 112 Å². The Kier molecular flexibility index (Phi) is 9.19. The molecule has 2 unspecified atom stereocenters. The van der Waals surface area contributed by atoms with Crippen molar-refractivity contribution in [3.8, 4) is 0 Å². The Hall–Kier alpha value is -2.85. The molecule has 3 N–H and O–H groups in total. The van der Waals surface area contributed by atoms with Crippen LogP contribution in [0.1, 0.15) is 22.8 Å². The number of aromatic nitrogens is 3. The highest BCUT2D eigenvalue weighted by Gasteiger charge is 2.45. The zero-order chi connectivity index (χ0) is 26.3. The molecule has 36 heavy (non-hydrogen) atoms. The van der Waals surface area contributed by atoms with Gasteiger partial charge in [0.25, 0.3) is 0 Å². The third kappa shape index (κ3) is 6.47. The Morgan fingerprint density at radius 3 is 2.69 bits per heavy atom. The highest BCUT2D eigenvalue weighted by molar-refractivity contribution is 5.95. The van der Waals surface area contributed by atoms with Crippen molar-refractivity contribution in [2.75, 3.05) is 52.7 Å². The Labute approximate surface area is 203 Å². The van der Waals surface area contributed by atoms with Gasteiger partial charge in [-0.1, -0.05) is 0 Å². The summed E-state index contributed by atoms with van der Waals surface area (Å²) in [5, 5.41) is 24.9. The lowest BCUT2D eigenvalue weighted by Crippen LogP contribution is -2.70. The molecule has 0 aliphatic carbocycles. The van der Waals surface area contributed by atoms with Gasteiger partial charge in [0.15, 0.2) is 5.65 Å². The van der Waals surface area contributed by atoms with E-state index in [-0.39, 0.29) is 12.6 Å². The highest BCUT2D eigenvalue weighted by atomic mass is 19.4. The number of morpholine rings is 2. The number of hydrogen-bond acceptors (Lipinski definition) is 10. The second kappa shape index (κ2) is 11.9. The average Bonchev–Trinajstić information content (AvgIpc) is 3.27. The van der Waals surface area contributed by atoms with E-state index in [1.54, 1.807) is 17.6 Å². The number of carboxylic acid groups (broad SMARTS) is 1. The van der Waals surface area contributed by atoms with Crippen LogP contribution in [0.4, 0.5) is 13.2 Å². The number of esters is 1. The Balaban J connectivity index is 0.000000454. The lowest BCUT2D eigenvalue weighted by atomic mass is 9.94. The fourth-order valence-corrected chi connectivity index (χ4v) is 4.03. The van der Waals surface area contributed by atoms with Crippen molar-refractivity contribution in [1.29, 1.82) is 0 Å². The summed E-state index contributed by atoms with van der Waals surface area (Å²) < 4.78 is 49.7. The summed E-state index contributed by atoms with van der Waals surface area (Å²) >= 11 is 0. The van der Waals surface area contributed by atoms with Crippen molar-refractivity contribution >= 4 is 17.6 Å². The summed E-state index contributed by atoms with van der Waals surface area (Å²) in [6, 6.07) is 0.176. The topological polar surface area (TPSA) is 148 Å². The SMILES string of the molecule is CCOC(=O)c1cnn2cc(CNCC3(CO)COCC4COCCN43)cnc12.O=C(O)C(F)(F)F. The van der Waals surface area contributed by atoms with Crippen molar-refractivity contribution in [2.24, 2.45) is 0 Å². The molecule has 200 valence electrons. The van der Waals surface area contributed by atoms with Crippen LogP contribution in [-0.2, 0) is 25.5 Å². The lowest BCUT2D eigenvalue weighted by molar-refractivity contribution is -0.192. The van der Waals surface area contributed by atoms with Crippen LogP contribution in [0.5, 0.6) is 0 Å². The van der Waals surface area contributed by atoms with Crippen molar-refractivity contribution < 1.29 is 47.2 Å². The number of nitrogens with zero attached hydrogens (tertiary/aromatic N) is 4. The number of halogens is 3. The van der Waals surface area contributed by atoms with Crippen LogP contribution < -0.4 is 5.32 Å². The van der Waals surface area contributed by atoms with E-state index in [9.17, 15) is 23.1 Å². The van der Waals surface area contributed by atoms with Gasteiger partial charge < -0.3 is 29.7 Å². The molecule has 0 aromatic carbocycles. The number of carbonyl (C=O) groups excluding carboxylic acids is 1. The first-order valence-electron chi connectivity index (χ1n) is 11.1. The molecule has 12 nitrogen and oxygen atoms in total. The molecule has 2 atom stereocenters. The van der Waals surface area contributed by atoms with Gasteiger partial charge in [-0.05, 0) is 6.92 Å². The van der Waals surface area contributed by atoms with Gasteiger partial charge in [-0.3, -0.25) is 4.90 Å². The minimum Gasteiger partial charge on any atom is -0.475 e.